The van der Waals surface area contributed by atoms with Gasteiger partial charge in [0.15, 0.2) is 6.19 Å². The lowest BCUT2D eigenvalue weighted by Crippen LogP contribution is -2.27. The van der Waals surface area contributed by atoms with E-state index in [2.05, 4.69) is 20.6 Å². The van der Waals surface area contributed by atoms with E-state index >= 15 is 0 Å². The van der Waals surface area contributed by atoms with Crippen molar-refractivity contribution in [3.63, 3.8) is 0 Å². The fourth-order valence-corrected chi connectivity index (χ4v) is 1.71. The summed E-state index contributed by atoms with van der Waals surface area (Å²) in [7, 11) is 0. The smallest absolute Gasteiger partial charge is 0.209 e. The van der Waals surface area contributed by atoms with Crippen LogP contribution in [0.1, 0.15) is 6.42 Å². The number of nitriles is 1. The zero-order valence-corrected chi connectivity index (χ0v) is 12.4. The highest BCUT2D eigenvalue weighted by atomic mass is 19.1. The van der Waals surface area contributed by atoms with Crippen LogP contribution < -0.4 is 15.4 Å². The minimum Gasteiger partial charge on any atom is -0.494 e. The van der Waals surface area contributed by atoms with E-state index in [0.717, 1.165) is 5.69 Å². The number of nitrogens with one attached hydrogen (secondary N) is 2. The third kappa shape index (κ3) is 6.01. The Morgan fingerprint density at radius 1 is 1.22 bits per heavy atom. The van der Waals surface area contributed by atoms with Crippen molar-refractivity contribution in [3.8, 4) is 11.9 Å². The summed E-state index contributed by atoms with van der Waals surface area (Å²) in [6.45, 7) is 0.924. The minimum absolute atomic E-state index is 0.295. The van der Waals surface area contributed by atoms with E-state index in [1.165, 1.54) is 12.1 Å². The summed E-state index contributed by atoms with van der Waals surface area (Å²) >= 11 is 0. The number of anilines is 1. The maximum absolute atomic E-state index is 12.8. The van der Waals surface area contributed by atoms with Crippen molar-refractivity contribution in [1.82, 2.24) is 10.3 Å². The average Bonchev–Trinajstić information content (AvgIpc) is 2.57. The highest BCUT2D eigenvalue weighted by molar-refractivity contribution is 5.94. The van der Waals surface area contributed by atoms with Crippen molar-refractivity contribution >= 4 is 11.6 Å². The molecule has 0 radical (unpaired) electrons. The lowest BCUT2D eigenvalue weighted by molar-refractivity contribution is 0.313. The molecule has 0 saturated carbocycles. The number of aliphatic imine (C=N–C) groups is 1. The molecule has 6 nitrogen and oxygen atoms in total. The first-order valence-electron chi connectivity index (χ1n) is 7.03. The molecule has 118 valence electrons. The molecule has 0 aliphatic rings. The molecule has 7 heteroatoms. The van der Waals surface area contributed by atoms with Crippen molar-refractivity contribution in [2.24, 2.45) is 4.99 Å². The van der Waals surface area contributed by atoms with Gasteiger partial charge in [-0.1, -0.05) is 0 Å². The number of hydrogen-bond donors (Lipinski definition) is 2. The first kappa shape index (κ1) is 16.2. The standard InChI is InChI=1S/C16H16FN5O/c17-13-2-4-15(5-3-13)23-11-1-8-20-16(21-12-18)22-14-6-9-19-10-7-14/h2-7,9-10H,1,8,11H2,(H2,19,20,21,22). The molecule has 0 unspecified atom stereocenters. The van der Waals surface area contributed by atoms with Crippen molar-refractivity contribution in [2.75, 3.05) is 18.5 Å². The SMILES string of the molecule is N#CNC(=NCCCOc1ccc(F)cc1)Nc1ccncc1. The van der Waals surface area contributed by atoms with E-state index in [1.807, 2.05) is 6.19 Å². The van der Waals surface area contributed by atoms with Crippen LogP contribution in [-0.2, 0) is 0 Å². The highest BCUT2D eigenvalue weighted by Crippen LogP contribution is 2.11. The van der Waals surface area contributed by atoms with Crippen LogP contribution in [0.5, 0.6) is 5.75 Å². The summed E-state index contributed by atoms with van der Waals surface area (Å²) in [6, 6.07) is 9.39. The van der Waals surface area contributed by atoms with Gasteiger partial charge in [0, 0.05) is 31.0 Å². The number of nitrogens with zero attached hydrogens (tertiary/aromatic N) is 3. The lowest BCUT2D eigenvalue weighted by atomic mass is 10.3. The van der Waals surface area contributed by atoms with Crippen LogP contribution in [0.3, 0.4) is 0 Å². The van der Waals surface area contributed by atoms with E-state index in [1.54, 1.807) is 36.7 Å². The Hall–Kier alpha value is -3.14. The second kappa shape index (κ2) is 9.00. The van der Waals surface area contributed by atoms with Crippen LogP contribution in [-0.4, -0.2) is 24.1 Å². The van der Waals surface area contributed by atoms with E-state index in [4.69, 9.17) is 10.00 Å². The van der Waals surface area contributed by atoms with E-state index < -0.39 is 0 Å². The van der Waals surface area contributed by atoms with Gasteiger partial charge in [0.05, 0.1) is 6.61 Å². The largest absolute Gasteiger partial charge is 0.494 e. The molecule has 23 heavy (non-hydrogen) atoms. The predicted octanol–water partition coefficient (Wildman–Crippen LogP) is 2.53. The Bertz CT molecular complexity index is 667. The van der Waals surface area contributed by atoms with Gasteiger partial charge in [-0.15, -0.1) is 0 Å². The number of ether oxygens (including phenoxy) is 1. The van der Waals surface area contributed by atoms with Crippen LogP contribution in [0.4, 0.5) is 10.1 Å². The Kier molecular flexibility index (Phi) is 6.35. The predicted molar refractivity (Wildman–Crippen MR) is 85.4 cm³/mol. The molecular formula is C16H16FN5O. The number of benzene rings is 1. The number of halogens is 1. The molecule has 1 heterocycles. The molecule has 2 rings (SSSR count). The summed E-state index contributed by atoms with van der Waals surface area (Å²) < 4.78 is 18.2. The Morgan fingerprint density at radius 2 is 1.96 bits per heavy atom. The van der Waals surface area contributed by atoms with Gasteiger partial charge in [-0.2, -0.15) is 5.26 Å². The van der Waals surface area contributed by atoms with E-state index in [0.29, 0.717) is 31.3 Å². The van der Waals surface area contributed by atoms with E-state index in [-0.39, 0.29) is 5.82 Å². The number of aromatic nitrogens is 1. The lowest BCUT2D eigenvalue weighted by Gasteiger charge is -2.08. The summed E-state index contributed by atoms with van der Waals surface area (Å²) in [5, 5.41) is 14.2. The van der Waals surface area contributed by atoms with Gasteiger partial charge in [-0.05, 0) is 36.4 Å². The molecule has 2 N–H and O–H groups in total. The second-order valence-electron chi connectivity index (χ2n) is 4.48. The Balaban J connectivity index is 1.77. The summed E-state index contributed by atoms with van der Waals surface area (Å²) in [5.41, 5.74) is 0.782. The average molecular weight is 313 g/mol. The van der Waals surface area contributed by atoms with Gasteiger partial charge in [-0.3, -0.25) is 15.3 Å². The fourth-order valence-electron chi connectivity index (χ4n) is 1.71. The van der Waals surface area contributed by atoms with Gasteiger partial charge in [0.1, 0.15) is 11.6 Å². The molecule has 0 aliphatic carbocycles. The molecule has 0 amide bonds. The third-order valence-corrected chi connectivity index (χ3v) is 2.77. The van der Waals surface area contributed by atoms with Crippen LogP contribution in [0.2, 0.25) is 0 Å². The van der Waals surface area contributed by atoms with Gasteiger partial charge in [0.25, 0.3) is 0 Å². The monoisotopic (exact) mass is 313 g/mol. The zero-order valence-electron chi connectivity index (χ0n) is 12.4. The molecule has 0 aliphatic heterocycles. The first-order chi connectivity index (χ1) is 11.3. The Labute approximate surface area is 133 Å². The summed E-state index contributed by atoms with van der Waals surface area (Å²) in [5.74, 6) is 0.678. The van der Waals surface area contributed by atoms with Gasteiger partial charge < -0.3 is 10.1 Å². The van der Waals surface area contributed by atoms with Crippen molar-refractivity contribution in [1.29, 1.82) is 5.26 Å². The van der Waals surface area contributed by atoms with Gasteiger partial charge in [-0.25, -0.2) is 4.39 Å². The molecule has 0 fully saturated rings. The normalized spacial score (nSPS) is 10.7. The van der Waals surface area contributed by atoms with Gasteiger partial charge >= 0.3 is 0 Å². The number of guanidine groups is 1. The number of pyridine rings is 1. The maximum Gasteiger partial charge on any atom is 0.209 e. The number of hydrogen-bond acceptors (Lipinski definition) is 4. The van der Waals surface area contributed by atoms with Crippen LogP contribution in [0, 0.1) is 17.3 Å². The molecule has 1 aromatic heterocycles. The summed E-state index contributed by atoms with van der Waals surface area (Å²) in [6.07, 6.45) is 5.78. The van der Waals surface area contributed by atoms with Crippen LogP contribution >= 0.6 is 0 Å². The molecule has 0 atom stereocenters. The number of rotatable bonds is 6. The second-order valence-corrected chi connectivity index (χ2v) is 4.48. The van der Waals surface area contributed by atoms with E-state index in [9.17, 15) is 4.39 Å². The molecule has 0 bridgehead atoms. The van der Waals surface area contributed by atoms with Crippen LogP contribution in [0.15, 0.2) is 53.8 Å². The quantitative estimate of drug-likeness (QED) is 0.281. The van der Waals surface area contributed by atoms with Crippen molar-refractivity contribution < 1.29 is 9.13 Å². The minimum atomic E-state index is -0.295. The van der Waals surface area contributed by atoms with Gasteiger partial charge in [0.2, 0.25) is 5.96 Å². The third-order valence-electron chi connectivity index (χ3n) is 2.77. The molecule has 1 aromatic carbocycles. The highest BCUT2D eigenvalue weighted by Gasteiger charge is 1.99. The maximum atomic E-state index is 12.8. The zero-order chi connectivity index (χ0) is 16.3. The molecule has 2 aromatic rings. The molecule has 0 spiro atoms. The van der Waals surface area contributed by atoms with Crippen molar-refractivity contribution in [2.45, 2.75) is 6.42 Å². The fraction of sp³-hybridized carbons (Fsp3) is 0.188. The summed E-state index contributed by atoms with van der Waals surface area (Å²) in [4.78, 5) is 8.18. The first-order valence-corrected chi connectivity index (χ1v) is 7.03. The topological polar surface area (TPSA) is 82.3 Å². The Morgan fingerprint density at radius 3 is 2.65 bits per heavy atom. The van der Waals surface area contributed by atoms with Crippen molar-refractivity contribution in [3.05, 3.63) is 54.6 Å². The molecular weight excluding hydrogens is 297 g/mol. The van der Waals surface area contributed by atoms with Crippen LogP contribution in [0.25, 0.3) is 0 Å². The molecule has 0 saturated heterocycles.